The number of amides is 2. The molecule has 1 aromatic heterocycles. The smallest absolute Gasteiger partial charge is 0.247 e. The van der Waals surface area contributed by atoms with E-state index < -0.39 is 11.9 Å². The number of halogens is 1. The lowest BCUT2D eigenvalue weighted by Crippen LogP contribution is -2.47. The first-order chi connectivity index (χ1) is 17.1. The Bertz CT molecular complexity index is 1130. The predicted molar refractivity (Wildman–Crippen MR) is 136 cm³/mol. The van der Waals surface area contributed by atoms with Crippen molar-refractivity contribution in [2.75, 3.05) is 7.11 Å². The maximum absolute atomic E-state index is 15.1. The Labute approximate surface area is 209 Å². The maximum atomic E-state index is 15.1. The van der Waals surface area contributed by atoms with Crippen molar-refractivity contribution < 1.29 is 18.7 Å². The fourth-order valence-electron chi connectivity index (χ4n) is 4.68. The average Bonchev–Trinajstić information content (AvgIpc) is 3.38. The molecule has 1 aliphatic rings. The minimum Gasteiger partial charge on any atom is -0.496 e. The summed E-state index contributed by atoms with van der Waals surface area (Å²) in [6.07, 6.45) is 5.18. The van der Waals surface area contributed by atoms with Crippen molar-refractivity contribution in [3.8, 4) is 5.75 Å². The molecule has 1 aliphatic carbocycles. The number of rotatable bonds is 9. The van der Waals surface area contributed by atoms with Gasteiger partial charge in [0.1, 0.15) is 17.6 Å². The van der Waals surface area contributed by atoms with E-state index in [0.29, 0.717) is 5.75 Å². The highest BCUT2D eigenvalue weighted by atomic mass is 32.1. The van der Waals surface area contributed by atoms with Crippen LogP contribution in [0.5, 0.6) is 5.75 Å². The van der Waals surface area contributed by atoms with Gasteiger partial charge in [0, 0.05) is 22.0 Å². The van der Waals surface area contributed by atoms with E-state index >= 15 is 4.39 Å². The summed E-state index contributed by atoms with van der Waals surface area (Å²) in [7, 11) is 1.57. The zero-order valence-corrected chi connectivity index (χ0v) is 20.7. The normalized spacial score (nSPS) is 14.8. The summed E-state index contributed by atoms with van der Waals surface area (Å²) in [4.78, 5) is 29.9. The van der Waals surface area contributed by atoms with E-state index in [2.05, 4.69) is 5.32 Å². The van der Waals surface area contributed by atoms with Gasteiger partial charge in [0.15, 0.2) is 0 Å². The third-order valence-corrected chi connectivity index (χ3v) is 7.35. The first-order valence-electron chi connectivity index (χ1n) is 12.1. The van der Waals surface area contributed by atoms with E-state index in [9.17, 15) is 9.59 Å². The molecule has 2 amide bonds. The van der Waals surface area contributed by atoms with Crippen LogP contribution in [0.1, 0.15) is 54.1 Å². The van der Waals surface area contributed by atoms with Crippen LogP contribution in [0, 0.1) is 5.82 Å². The molecular formula is C28H31FN2O3S. The summed E-state index contributed by atoms with van der Waals surface area (Å²) in [5.74, 6) is -0.492. The fourth-order valence-corrected chi connectivity index (χ4v) is 5.37. The number of thiophene rings is 1. The number of nitrogens with zero attached hydrogens (tertiary/aromatic N) is 1. The molecule has 0 spiro atoms. The summed E-state index contributed by atoms with van der Waals surface area (Å²) in [6, 6.07) is 16.3. The third-order valence-electron chi connectivity index (χ3n) is 6.47. The minimum absolute atomic E-state index is 0.0334. The van der Waals surface area contributed by atoms with Gasteiger partial charge >= 0.3 is 0 Å². The summed E-state index contributed by atoms with van der Waals surface area (Å²) >= 11 is 1.48. The van der Waals surface area contributed by atoms with E-state index in [0.717, 1.165) is 42.5 Å². The lowest BCUT2D eigenvalue weighted by Gasteiger charge is -2.34. The molecule has 1 atom stereocenters. The first kappa shape index (κ1) is 24.9. The molecule has 1 saturated carbocycles. The highest BCUT2D eigenvalue weighted by molar-refractivity contribution is 7.10. The van der Waals surface area contributed by atoms with Crippen LogP contribution < -0.4 is 10.1 Å². The van der Waals surface area contributed by atoms with Gasteiger partial charge < -0.3 is 15.0 Å². The Morgan fingerprint density at radius 1 is 1.06 bits per heavy atom. The molecule has 1 heterocycles. The molecule has 35 heavy (non-hydrogen) atoms. The van der Waals surface area contributed by atoms with E-state index in [-0.39, 0.29) is 36.4 Å². The van der Waals surface area contributed by atoms with Crippen LogP contribution >= 0.6 is 11.3 Å². The standard InChI is InChI=1S/C28H31FN2O3S/c1-34-25-16-8-5-10-20(25)19-31(26(32)18-22-13-9-17-35-22)27(23-14-6-7-15-24(23)29)28(33)30-21-11-3-2-4-12-21/h5-10,13-17,21,27H,2-4,11-12,18-19H2,1H3,(H,30,33)/t27-/m0/s1. The second-order valence-electron chi connectivity index (χ2n) is 8.86. The SMILES string of the molecule is COc1ccccc1CN(C(=O)Cc1cccs1)[C@H](C(=O)NC1CCCCC1)c1ccccc1F. The lowest BCUT2D eigenvalue weighted by molar-refractivity contribution is -0.141. The second kappa shape index (κ2) is 12.0. The number of nitrogens with one attached hydrogen (secondary N) is 1. The quantitative estimate of drug-likeness (QED) is 0.418. The Morgan fingerprint density at radius 3 is 2.51 bits per heavy atom. The minimum atomic E-state index is -1.10. The van der Waals surface area contributed by atoms with Gasteiger partial charge in [-0.2, -0.15) is 0 Å². The van der Waals surface area contributed by atoms with Crippen molar-refractivity contribution in [2.24, 2.45) is 0 Å². The van der Waals surface area contributed by atoms with Crippen molar-refractivity contribution in [1.29, 1.82) is 0 Å². The molecule has 184 valence electrons. The van der Waals surface area contributed by atoms with Gasteiger partial charge in [0.05, 0.1) is 20.1 Å². The number of methoxy groups -OCH3 is 1. The van der Waals surface area contributed by atoms with Gasteiger partial charge in [-0.25, -0.2) is 4.39 Å². The molecule has 1 N–H and O–H groups in total. The molecule has 0 radical (unpaired) electrons. The maximum Gasteiger partial charge on any atom is 0.247 e. The van der Waals surface area contributed by atoms with E-state index in [1.807, 2.05) is 41.8 Å². The van der Waals surface area contributed by atoms with Crippen LogP contribution in [0.3, 0.4) is 0 Å². The molecule has 3 aromatic rings. The van der Waals surface area contributed by atoms with Crippen LogP contribution in [0.15, 0.2) is 66.0 Å². The summed E-state index contributed by atoms with van der Waals surface area (Å²) in [6.45, 7) is 0.116. The van der Waals surface area contributed by atoms with Gasteiger partial charge in [-0.3, -0.25) is 9.59 Å². The molecule has 0 aliphatic heterocycles. The van der Waals surface area contributed by atoms with Crippen molar-refractivity contribution in [1.82, 2.24) is 10.2 Å². The van der Waals surface area contributed by atoms with Gasteiger partial charge in [-0.1, -0.05) is 61.7 Å². The molecule has 0 saturated heterocycles. The summed E-state index contributed by atoms with van der Waals surface area (Å²) in [5, 5.41) is 5.04. The number of ether oxygens (including phenoxy) is 1. The highest BCUT2D eigenvalue weighted by Crippen LogP contribution is 2.30. The zero-order valence-electron chi connectivity index (χ0n) is 19.9. The molecule has 5 nitrogen and oxygen atoms in total. The van der Waals surface area contributed by atoms with Gasteiger partial charge in [0.25, 0.3) is 0 Å². The Balaban J connectivity index is 1.73. The molecule has 1 fully saturated rings. The summed E-state index contributed by atoms with van der Waals surface area (Å²) < 4.78 is 20.6. The summed E-state index contributed by atoms with van der Waals surface area (Å²) in [5.41, 5.74) is 0.941. The van der Waals surface area contributed by atoms with Crippen molar-refractivity contribution in [3.05, 3.63) is 87.9 Å². The zero-order chi connectivity index (χ0) is 24.6. The van der Waals surface area contributed by atoms with Crippen LogP contribution in [-0.2, 0) is 22.6 Å². The van der Waals surface area contributed by atoms with Crippen molar-refractivity contribution >= 4 is 23.2 Å². The monoisotopic (exact) mass is 494 g/mol. The molecule has 2 aromatic carbocycles. The first-order valence-corrected chi connectivity index (χ1v) is 12.9. The average molecular weight is 495 g/mol. The van der Waals surface area contributed by atoms with Crippen LogP contribution in [0.4, 0.5) is 4.39 Å². The predicted octanol–water partition coefficient (Wildman–Crippen LogP) is 5.66. The van der Waals surface area contributed by atoms with Crippen LogP contribution in [0.25, 0.3) is 0 Å². The lowest BCUT2D eigenvalue weighted by atomic mass is 9.94. The number of hydrogen-bond donors (Lipinski definition) is 1. The second-order valence-corrected chi connectivity index (χ2v) is 9.89. The molecule has 0 unspecified atom stereocenters. The van der Waals surface area contributed by atoms with Crippen molar-refractivity contribution in [2.45, 2.75) is 57.2 Å². The van der Waals surface area contributed by atoms with Gasteiger partial charge in [-0.15, -0.1) is 11.3 Å². The molecule has 4 rings (SSSR count). The number of carbonyl (C=O) groups is 2. The van der Waals surface area contributed by atoms with Crippen molar-refractivity contribution in [3.63, 3.8) is 0 Å². The number of hydrogen-bond acceptors (Lipinski definition) is 4. The Kier molecular flexibility index (Phi) is 8.53. The number of carbonyl (C=O) groups excluding carboxylic acids is 2. The van der Waals surface area contributed by atoms with E-state index in [4.69, 9.17) is 4.74 Å². The number of benzene rings is 2. The highest BCUT2D eigenvalue weighted by Gasteiger charge is 2.35. The number of para-hydroxylation sites is 1. The van der Waals surface area contributed by atoms with Crippen LogP contribution in [-0.4, -0.2) is 29.9 Å². The van der Waals surface area contributed by atoms with Crippen LogP contribution in [0.2, 0.25) is 0 Å². The van der Waals surface area contributed by atoms with Gasteiger partial charge in [0.2, 0.25) is 11.8 Å². The molecular weight excluding hydrogens is 463 g/mol. The molecule has 7 heteroatoms. The Morgan fingerprint density at radius 2 is 1.80 bits per heavy atom. The largest absolute Gasteiger partial charge is 0.496 e. The van der Waals surface area contributed by atoms with E-state index in [1.54, 1.807) is 25.3 Å². The topological polar surface area (TPSA) is 58.6 Å². The van der Waals surface area contributed by atoms with Gasteiger partial charge in [-0.05, 0) is 36.4 Å². The molecule has 0 bridgehead atoms. The Hall–Kier alpha value is -3.19. The van der Waals surface area contributed by atoms with E-state index in [1.165, 1.54) is 22.3 Å². The fraction of sp³-hybridized carbons (Fsp3) is 0.357. The third kappa shape index (κ3) is 6.28.